The van der Waals surface area contributed by atoms with Crippen molar-refractivity contribution in [1.29, 1.82) is 0 Å². The first-order chi connectivity index (χ1) is 12.0. The van der Waals surface area contributed by atoms with Gasteiger partial charge in [-0.25, -0.2) is 4.90 Å². The Balaban J connectivity index is 1.86. The summed E-state index contributed by atoms with van der Waals surface area (Å²) in [5, 5.41) is 3.30. The van der Waals surface area contributed by atoms with Crippen LogP contribution < -0.4 is 10.2 Å². The third-order valence-corrected chi connectivity index (χ3v) is 4.99. The molecule has 0 unspecified atom stereocenters. The maximum Gasteiger partial charge on any atom is 0.234 e. The zero-order valence-electron chi connectivity index (χ0n) is 14.4. The number of aryl methyl sites for hydroxylation is 2. The highest BCUT2D eigenvalue weighted by Crippen LogP contribution is 2.37. The average molecular weight is 401 g/mol. The van der Waals surface area contributed by atoms with Crippen LogP contribution in [0.3, 0.4) is 0 Å². The minimum atomic E-state index is -0.260. The number of nitrogens with one attached hydrogen (secondary N) is 1. The summed E-state index contributed by atoms with van der Waals surface area (Å²) >= 11 is 3.49. The van der Waals surface area contributed by atoms with Crippen LogP contribution in [0.15, 0.2) is 40.9 Å². The Labute approximate surface area is 156 Å². The van der Waals surface area contributed by atoms with Crippen LogP contribution in [0.4, 0.5) is 11.4 Å². The number of fused-ring (bicyclic) bond motifs is 1. The average Bonchev–Trinajstić information content (AvgIpc) is 3.02. The van der Waals surface area contributed by atoms with Crippen molar-refractivity contribution in [2.45, 2.75) is 33.1 Å². The maximum atomic E-state index is 12.8. The zero-order chi connectivity index (χ0) is 18.0. The fraction of sp³-hybridized carbons (Fsp3) is 0.300. The molecule has 2 aromatic carbocycles. The van der Waals surface area contributed by atoms with Gasteiger partial charge in [-0.15, -0.1) is 0 Å². The summed E-state index contributed by atoms with van der Waals surface area (Å²) in [5.74, 6) is -0.437. The number of hydrogen-bond acceptors (Lipinski definition) is 3. The van der Waals surface area contributed by atoms with Crippen LogP contribution in [-0.2, 0) is 22.4 Å². The highest BCUT2D eigenvalue weighted by atomic mass is 79.9. The Kier molecular flexibility index (Phi) is 5.23. The van der Waals surface area contributed by atoms with Crippen LogP contribution in [0.1, 0.15) is 30.0 Å². The lowest BCUT2D eigenvalue weighted by molar-refractivity contribution is -0.125. The number of benzene rings is 2. The van der Waals surface area contributed by atoms with Crippen molar-refractivity contribution in [3.05, 3.63) is 57.6 Å². The van der Waals surface area contributed by atoms with E-state index in [-0.39, 0.29) is 11.8 Å². The molecule has 3 rings (SSSR count). The van der Waals surface area contributed by atoms with Gasteiger partial charge in [0.1, 0.15) is 0 Å². The monoisotopic (exact) mass is 400 g/mol. The molecule has 0 saturated carbocycles. The quantitative estimate of drug-likeness (QED) is 0.834. The van der Waals surface area contributed by atoms with Crippen molar-refractivity contribution >= 4 is 39.1 Å². The summed E-state index contributed by atoms with van der Waals surface area (Å²) in [6, 6.07) is 11.9. The summed E-state index contributed by atoms with van der Waals surface area (Å²) in [4.78, 5) is 26.4. The number of anilines is 2. The van der Waals surface area contributed by atoms with E-state index in [1.165, 1.54) is 11.8 Å². The summed E-state index contributed by atoms with van der Waals surface area (Å²) < 4.78 is 0.878. The molecule has 0 spiro atoms. The summed E-state index contributed by atoms with van der Waals surface area (Å²) in [5.41, 5.74) is 4.96. The van der Waals surface area contributed by atoms with Gasteiger partial charge in [0.15, 0.2) is 0 Å². The van der Waals surface area contributed by atoms with E-state index < -0.39 is 0 Å². The predicted molar refractivity (Wildman–Crippen MR) is 104 cm³/mol. The zero-order valence-corrected chi connectivity index (χ0v) is 16.0. The van der Waals surface area contributed by atoms with Crippen LogP contribution in [-0.4, -0.2) is 18.4 Å². The van der Waals surface area contributed by atoms with Gasteiger partial charge in [-0.3, -0.25) is 9.59 Å². The second kappa shape index (κ2) is 7.40. The van der Waals surface area contributed by atoms with Gasteiger partial charge in [0.2, 0.25) is 11.8 Å². The molecule has 0 bridgehead atoms. The molecule has 0 aromatic heterocycles. The lowest BCUT2D eigenvalue weighted by atomic mass is 10.0. The molecule has 1 heterocycles. The van der Waals surface area contributed by atoms with E-state index in [1.54, 1.807) is 0 Å². The first kappa shape index (κ1) is 17.7. The first-order valence-electron chi connectivity index (χ1n) is 8.41. The van der Waals surface area contributed by atoms with E-state index >= 15 is 0 Å². The Hall–Kier alpha value is -2.14. The fourth-order valence-electron chi connectivity index (χ4n) is 3.27. The van der Waals surface area contributed by atoms with E-state index in [4.69, 9.17) is 0 Å². The molecule has 25 heavy (non-hydrogen) atoms. The largest absolute Gasteiger partial charge is 0.383 e. The Morgan fingerprint density at radius 1 is 1.24 bits per heavy atom. The summed E-state index contributed by atoms with van der Waals surface area (Å²) in [6.45, 7) is 4.30. The number of nitrogens with zero attached hydrogens (tertiary/aromatic N) is 1. The molecule has 0 fully saturated rings. The number of hydrogen-bond donors (Lipinski definition) is 1. The lowest BCUT2D eigenvalue weighted by Crippen LogP contribution is -2.36. The molecule has 2 amide bonds. The van der Waals surface area contributed by atoms with Gasteiger partial charge in [0.05, 0.1) is 11.4 Å². The summed E-state index contributed by atoms with van der Waals surface area (Å²) in [6.07, 6.45) is 1.82. The predicted octanol–water partition coefficient (Wildman–Crippen LogP) is 4.24. The molecule has 2 aromatic rings. The first-order valence-corrected chi connectivity index (χ1v) is 9.21. The van der Waals surface area contributed by atoms with E-state index in [9.17, 15) is 9.59 Å². The molecule has 0 atom stereocenters. The Morgan fingerprint density at radius 2 is 2.00 bits per heavy atom. The second-order valence-corrected chi connectivity index (χ2v) is 7.23. The maximum absolute atomic E-state index is 12.8. The number of imide groups is 1. The molecule has 1 aliphatic heterocycles. The smallest absolute Gasteiger partial charge is 0.234 e. The molecule has 1 N–H and O–H groups in total. The van der Waals surface area contributed by atoms with E-state index in [1.807, 2.05) is 43.3 Å². The third kappa shape index (κ3) is 3.76. The van der Waals surface area contributed by atoms with Gasteiger partial charge in [-0.2, -0.15) is 0 Å². The number of rotatable bonds is 4. The van der Waals surface area contributed by atoms with Crippen molar-refractivity contribution in [3.63, 3.8) is 0 Å². The summed E-state index contributed by atoms with van der Waals surface area (Å²) in [7, 11) is 0. The molecule has 0 radical (unpaired) electrons. The van der Waals surface area contributed by atoms with E-state index in [0.29, 0.717) is 18.5 Å². The number of carbonyl (C=O) groups is 2. The Bertz CT molecular complexity index is 832. The normalized spacial score (nSPS) is 12.4. The topological polar surface area (TPSA) is 49.4 Å². The van der Waals surface area contributed by atoms with Crippen molar-refractivity contribution in [1.82, 2.24) is 0 Å². The van der Waals surface area contributed by atoms with Gasteiger partial charge < -0.3 is 5.32 Å². The standard InChI is InChI=1S/C20H21BrN2O2/c1-13-5-3-4-6-15(13)7-8-19(25)23(14(2)24)18-12-17(21)11-16-9-10-22-20(16)18/h3-6,11-12,22H,7-10H2,1-2H3. The van der Waals surface area contributed by atoms with Gasteiger partial charge >= 0.3 is 0 Å². The molecule has 5 heteroatoms. The highest BCUT2D eigenvalue weighted by molar-refractivity contribution is 9.10. The van der Waals surface area contributed by atoms with Crippen LogP contribution in [0.2, 0.25) is 0 Å². The minimum Gasteiger partial charge on any atom is -0.383 e. The van der Waals surface area contributed by atoms with Crippen molar-refractivity contribution in [2.75, 3.05) is 16.8 Å². The van der Waals surface area contributed by atoms with Crippen molar-refractivity contribution in [2.24, 2.45) is 0 Å². The fourth-order valence-corrected chi connectivity index (χ4v) is 3.76. The van der Waals surface area contributed by atoms with Crippen molar-refractivity contribution in [3.8, 4) is 0 Å². The van der Waals surface area contributed by atoms with Crippen LogP contribution >= 0.6 is 15.9 Å². The lowest BCUT2D eigenvalue weighted by Gasteiger charge is -2.23. The molecule has 0 saturated heterocycles. The molecular formula is C20H21BrN2O2. The molecule has 1 aliphatic rings. The minimum absolute atomic E-state index is 0.176. The van der Waals surface area contributed by atoms with Gasteiger partial charge in [-0.1, -0.05) is 40.2 Å². The van der Waals surface area contributed by atoms with Crippen LogP contribution in [0.25, 0.3) is 0 Å². The SMILES string of the molecule is CC(=O)N(C(=O)CCc1ccccc1C)c1cc(Br)cc2c1NCC2. The molecule has 0 aliphatic carbocycles. The van der Waals surface area contributed by atoms with Crippen molar-refractivity contribution < 1.29 is 9.59 Å². The number of halogens is 1. The molecule has 4 nitrogen and oxygen atoms in total. The Morgan fingerprint density at radius 3 is 2.72 bits per heavy atom. The third-order valence-electron chi connectivity index (χ3n) is 4.53. The number of amides is 2. The van der Waals surface area contributed by atoms with Crippen LogP contribution in [0.5, 0.6) is 0 Å². The van der Waals surface area contributed by atoms with E-state index in [2.05, 4.69) is 21.2 Å². The molecular weight excluding hydrogens is 380 g/mol. The van der Waals surface area contributed by atoms with Gasteiger partial charge in [0, 0.05) is 24.4 Å². The highest BCUT2D eigenvalue weighted by Gasteiger charge is 2.26. The van der Waals surface area contributed by atoms with Gasteiger partial charge in [-0.05, 0) is 48.6 Å². The second-order valence-electron chi connectivity index (χ2n) is 6.31. The number of carbonyl (C=O) groups excluding carboxylic acids is 2. The van der Waals surface area contributed by atoms with E-state index in [0.717, 1.165) is 39.8 Å². The van der Waals surface area contributed by atoms with Gasteiger partial charge in [0.25, 0.3) is 0 Å². The van der Waals surface area contributed by atoms with Crippen LogP contribution in [0, 0.1) is 6.92 Å². The molecule has 130 valence electrons.